The summed E-state index contributed by atoms with van der Waals surface area (Å²) < 4.78 is 0. The summed E-state index contributed by atoms with van der Waals surface area (Å²) in [5.74, 6) is -1.01. The number of hydrazine groups is 1. The molecule has 1 rings (SSSR count). The van der Waals surface area contributed by atoms with Crippen molar-refractivity contribution in [2.24, 2.45) is 11.7 Å². The third kappa shape index (κ3) is 1.32. The maximum absolute atomic E-state index is 11.1. The molecule has 62 valence electrons. The molecule has 5 nitrogen and oxygen atoms in total. The summed E-state index contributed by atoms with van der Waals surface area (Å²) in [5, 5.41) is 1.20. The van der Waals surface area contributed by atoms with Crippen molar-refractivity contribution in [2.45, 2.75) is 6.42 Å². The van der Waals surface area contributed by atoms with Gasteiger partial charge in [-0.25, -0.2) is 0 Å². The van der Waals surface area contributed by atoms with Crippen molar-refractivity contribution in [3.05, 3.63) is 0 Å². The van der Waals surface area contributed by atoms with Crippen molar-refractivity contribution >= 4 is 11.8 Å². The second-order valence-corrected chi connectivity index (χ2v) is 2.50. The zero-order chi connectivity index (χ0) is 8.43. The minimum absolute atomic E-state index is 0.194. The third-order valence-electron chi connectivity index (χ3n) is 1.68. The van der Waals surface area contributed by atoms with Crippen LogP contribution in [-0.2, 0) is 9.59 Å². The third-order valence-corrected chi connectivity index (χ3v) is 1.68. The highest BCUT2D eigenvalue weighted by atomic mass is 16.2. The Kier molecular flexibility index (Phi) is 2.09. The molecule has 0 spiro atoms. The molecule has 0 radical (unpaired) electrons. The Bertz CT molecular complexity index is 192. The average Bonchev–Trinajstić information content (AvgIpc) is 2.17. The van der Waals surface area contributed by atoms with E-state index in [1.54, 1.807) is 0 Å². The van der Waals surface area contributed by atoms with Crippen LogP contribution in [0.4, 0.5) is 0 Å². The lowest BCUT2D eigenvalue weighted by atomic mass is 10.1. The van der Waals surface area contributed by atoms with Crippen molar-refractivity contribution in [3.8, 4) is 0 Å². The van der Waals surface area contributed by atoms with Crippen LogP contribution in [0.3, 0.4) is 0 Å². The summed E-state index contributed by atoms with van der Waals surface area (Å²) in [6.07, 6.45) is 0.426. The van der Waals surface area contributed by atoms with E-state index in [1.165, 1.54) is 12.1 Å². The lowest BCUT2D eigenvalue weighted by Gasteiger charge is -2.05. The molecule has 1 unspecified atom stereocenters. The van der Waals surface area contributed by atoms with Crippen molar-refractivity contribution in [1.29, 1.82) is 0 Å². The molecule has 1 aliphatic rings. The van der Waals surface area contributed by atoms with E-state index in [9.17, 15) is 9.59 Å². The Balaban J connectivity index is 2.64. The van der Waals surface area contributed by atoms with Crippen LogP contribution in [0.1, 0.15) is 6.42 Å². The molecule has 1 heterocycles. The first-order chi connectivity index (χ1) is 5.16. The van der Waals surface area contributed by atoms with Crippen LogP contribution in [0.2, 0.25) is 0 Å². The van der Waals surface area contributed by atoms with Gasteiger partial charge in [-0.1, -0.05) is 0 Å². The summed E-state index contributed by atoms with van der Waals surface area (Å²) >= 11 is 0. The van der Waals surface area contributed by atoms with Gasteiger partial charge < -0.3 is 5.73 Å². The topological polar surface area (TPSA) is 75.4 Å². The van der Waals surface area contributed by atoms with Crippen LogP contribution in [0.15, 0.2) is 0 Å². The number of rotatable bonds is 2. The predicted octanol–water partition coefficient (Wildman–Crippen LogP) is -1.55. The van der Waals surface area contributed by atoms with E-state index in [2.05, 4.69) is 5.43 Å². The molecule has 0 saturated carbocycles. The highest BCUT2D eigenvalue weighted by molar-refractivity contribution is 6.05. The zero-order valence-electron chi connectivity index (χ0n) is 6.33. The molecule has 0 bridgehead atoms. The second kappa shape index (κ2) is 2.87. The highest BCUT2D eigenvalue weighted by Gasteiger charge is 2.35. The number of nitrogens with two attached hydrogens (primary N) is 1. The molecule has 11 heavy (non-hydrogen) atoms. The smallest absolute Gasteiger partial charge is 0.253 e. The fourth-order valence-corrected chi connectivity index (χ4v) is 1.07. The fourth-order valence-electron chi connectivity index (χ4n) is 1.07. The van der Waals surface area contributed by atoms with Crippen molar-refractivity contribution < 1.29 is 9.59 Å². The monoisotopic (exact) mass is 157 g/mol. The van der Waals surface area contributed by atoms with Crippen LogP contribution in [-0.4, -0.2) is 30.4 Å². The summed E-state index contributed by atoms with van der Waals surface area (Å²) in [6, 6.07) is 0. The molecule has 1 fully saturated rings. The van der Waals surface area contributed by atoms with Crippen LogP contribution in [0.25, 0.3) is 0 Å². The van der Waals surface area contributed by atoms with E-state index in [0.29, 0.717) is 13.0 Å². The van der Waals surface area contributed by atoms with Gasteiger partial charge in [0.15, 0.2) is 0 Å². The molecule has 0 aliphatic carbocycles. The first kappa shape index (κ1) is 8.00. The number of nitrogens with one attached hydrogen (secondary N) is 1. The van der Waals surface area contributed by atoms with Crippen molar-refractivity contribution in [1.82, 2.24) is 10.4 Å². The summed E-state index contributed by atoms with van der Waals surface area (Å²) in [4.78, 5) is 22.0. The maximum Gasteiger partial charge on any atom is 0.253 e. The lowest BCUT2D eigenvalue weighted by molar-refractivity contribution is -0.131. The van der Waals surface area contributed by atoms with Gasteiger partial charge in [0, 0.05) is 7.05 Å². The Hall–Kier alpha value is -1.10. The van der Waals surface area contributed by atoms with Crippen LogP contribution < -0.4 is 11.2 Å². The van der Waals surface area contributed by atoms with Gasteiger partial charge >= 0.3 is 0 Å². The Morgan fingerprint density at radius 1 is 1.64 bits per heavy atom. The normalized spacial score (nSPS) is 24.2. The summed E-state index contributed by atoms with van der Waals surface area (Å²) in [5.41, 5.74) is 7.62. The van der Waals surface area contributed by atoms with Gasteiger partial charge in [0.1, 0.15) is 5.92 Å². The Morgan fingerprint density at radius 3 is 2.64 bits per heavy atom. The van der Waals surface area contributed by atoms with Gasteiger partial charge in [0.2, 0.25) is 0 Å². The van der Waals surface area contributed by atoms with Crippen molar-refractivity contribution in [3.63, 3.8) is 0 Å². The molecule has 0 aromatic carbocycles. The average molecular weight is 157 g/mol. The van der Waals surface area contributed by atoms with Crippen molar-refractivity contribution in [2.75, 3.05) is 13.6 Å². The molecule has 3 N–H and O–H groups in total. The van der Waals surface area contributed by atoms with E-state index in [4.69, 9.17) is 5.73 Å². The van der Waals surface area contributed by atoms with Gasteiger partial charge in [-0.2, -0.15) is 0 Å². The number of hydrogen-bond acceptors (Lipinski definition) is 3. The van der Waals surface area contributed by atoms with Gasteiger partial charge in [-0.05, 0) is 13.0 Å². The van der Waals surface area contributed by atoms with Gasteiger partial charge in [-0.3, -0.25) is 20.0 Å². The van der Waals surface area contributed by atoms with E-state index in [-0.39, 0.29) is 11.8 Å². The fraction of sp³-hybridized carbons (Fsp3) is 0.667. The number of hydrogen-bond donors (Lipinski definition) is 2. The highest BCUT2D eigenvalue weighted by Crippen LogP contribution is 2.11. The molecule has 1 atom stereocenters. The molecule has 0 aromatic rings. The molecular formula is C6H11N3O2. The van der Waals surface area contributed by atoms with Crippen LogP contribution in [0.5, 0.6) is 0 Å². The lowest BCUT2D eigenvalue weighted by Crippen LogP contribution is -2.31. The molecule has 2 amide bonds. The zero-order valence-corrected chi connectivity index (χ0v) is 6.33. The Morgan fingerprint density at radius 2 is 2.27 bits per heavy atom. The summed E-state index contributed by atoms with van der Waals surface area (Å²) in [7, 11) is 1.52. The first-order valence-corrected chi connectivity index (χ1v) is 3.45. The Labute approximate surface area is 64.5 Å². The molecule has 5 heteroatoms. The minimum Gasteiger partial charge on any atom is -0.330 e. The second-order valence-electron chi connectivity index (χ2n) is 2.50. The minimum atomic E-state index is -0.565. The maximum atomic E-state index is 11.1. The van der Waals surface area contributed by atoms with Gasteiger partial charge in [-0.15, -0.1) is 0 Å². The number of amides is 2. The van der Waals surface area contributed by atoms with E-state index < -0.39 is 5.92 Å². The molecular weight excluding hydrogens is 146 g/mol. The number of carbonyl (C=O) groups is 2. The van der Waals surface area contributed by atoms with E-state index >= 15 is 0 Å². The summed E-state index contributed by atoms with van der Waals surface area (Å²) in [6.45, 7) is 0.359. The largest absolute Gasteiger partial charge is 0.330 e. The van der Waals surface area contributed by atoms with E-state index in [0.717, 1.165) is 0 Å². The number of carbonyl (C=O) groups excluding carboxylic acids is 2. The molecule has 1 saturated heterocycles. The quantitative estimate of drug-likeness (QED) is 0.477. The van der Waals surface area contributed by atoms with Crippen LogP contribution in [0, 0.1) is 5.92 Å². The standard InChI is InChI=1S/C6H11N3O2/c1-9-6(11)4(2-3-7)5(10)8-9/h4H,2-3,7H2,1H3,(H,8,10). The van der Waals surface area contributed by atoms with Gasteiger partial charge in [0.25, 0.3) is 11.8 Å². The predicted molar refractivity (Wildman–Crippen MR) is 38.1 cm³/mol. The SMILES string of the molecule is CN1NC(=O)C(CCN)C1=O. The van der Waals surface area contributed by atoms with Gasteiger partial charge in [0.05, 0.1) is 0 Å². The molecule has 1 aliphatic heterocycles. The van der Waals surface area contributed by atoms with Crippen LogP contribution >= 0.6 is 0 Å². The van der Waals surface area contributed by atoms with E-state index in [1.807, 2.05) is 0 Å². The first-order valence-electron chi connectivity index (χ1n) is 3.45. The molecule has 0 aromatic heterocycles. The number of nitrogens with zero attached hydrogens (tertiary/aromatic N) is 1.